The van der Waals surface area contributed by atoms with E-state index in [4.69, 9.17) is 9.97 Å². The molecule has 5 heteroatoms. The Labute approximate surface area is 214 Å². The Morgan fingerprint density at radius 3 is 2.64 bits per heavy atom. The van der Waals surface area contributed by atoms with Crippen LogP contribution in [0, 0.1) is 5.92 Å². The predicted molar refractivity (Wildman–Crippen MR) is 142 cm³/mol. The standard InChI is InChI=1S/C31H35N3O2/c1-3-28(35)23-13-14-25-24(18-23)19-27-31(25)26(32-29(33-27)17-21-9-6-5-7-10-21)15-12-22-11-8-16-34(20-22)30(36)4-2/h5-7,9-10,13-14,18,22H,3-4,8,11-12,15-17,19-20H2,1-2H3. The summed E-state index contributed by atoms with van der Waals surface area (Å²) < 4.78 is 0. The molecule has 0 radical (unpaired) electrons. The smallest absolute Gasteiger partial charge is 0.222 e. The molecule has 186 valence electrons. The highest BCUT2D eigenvalue weighted by molar-refractivity contribution is 5.97. The van der Waals surface area contributed by atoms with Crippen molar-refractivity contribution in [3.63, 3.8) is 0 Å². The summed E-state index contributed by atoms with van der Waals surface area (Å²) >= 11 is 0. The summed E-state index contributed by atoms with van der Waals surface area (Å²) in [4.78, 5) is 36.8. The van der Waals surface area contributed by atoms with E-state index in [2.05, 4.69) is 36.4 Å². The molecule has 2 heterocycles. The van der Waals surface area contributed by atoms with Crippen LogP contribution in [0.25, 0.3) is 11.1 Å². The number of nitrogens with zero attached hydrogens (tertiary/aromatic N) is 3. The van der Waals surface area contributed by atoms with E-state index in [9.17, 15) is 9.59 Å². The number of aromatic nitrogens is 2. The van der Waals surface area contributed by atoms with Crippen LogP contribution in [0.4, 0.5) is 0 Å². The minimum Gasteiger partial charge on any atom is -0.342 e. The number of benzene rings is 2. The summed E-state index contributed by atoms with van der Waals surface area (Å²) in [6, 6.07) is 16.5. The van der Waals surface area contributed by atoms with E-state index in [1.54, 1.807) is 0 Å². The zero-order chi connectivity index (χ0) is 25.1. The fourth-order valence-corrected chi connectivity index (χ4v) is 5.73. The third kappa shape index (κ3) is 5.11. The van der Waals surface area contributed by atoms with Crippen molar-refractivity contribution in [2.45, 2.75) is 65.2 Å². The second kappa shape index (κ2) is 10.7. The van der Waals surface area contributed by atoms with E-state index in [1.807, 2.05) is 30.9 Å². The molecule has 1 fully saturated rings. The zero-order valence-corrected chi connectivity index (χ0v) is 21.4. The first kappa shape index (κ1) is 24.4. The fourth-order valence-electron chi connectivity index (χ4n) is 5.73. The molecule has 0 saturated carbocycles. The van der Waals surface area contributed by atoms with Crippen molar-refractivity contribution < 1.29 is 9.59 Å². The van der Waals surface area contributed by atoms with Gasteiger partial charge in [0.2, 0.25) is 5.91 Å². The van der Waals surface area contributed by atoms with E-state index < -0.39 is 0 Å². The molecule has 0 spiro atoms. The molecular formula is C31H35N3O2. The number of ketones is 1. The molecule has 36 heavy (non-hydrogen) atoms. The SMILES string of the molecule is CCC(=O)c1ccc2c(c1)Cc1nc(Cc3ccccc3)nc(CCC3CCCN(C(=O)CC)C3)c1-2. The molecule has 2 aromatic carbocycles. The van der Waals surface area contributed by atoms with Crippen molar-refractivity contribution in [2.75, 3.05) is 13.1 Å². The van der Waals surface area contributed by atoms with Crippen LogP contribution in [0.1, 0.15) is 84.6 Å². The lowest BCUT2D eigenvalue weighted by atomic mass is 9.91. The highest BCUT2D eigenvalue weighted by Crippen LogP contribution is 2.39. The number of hydrogen-bond donors (Lipinski definition) is 0. The summed E-state index contributed by atoms with van der Waals surface area (Å²) in [6.45, 7) is 5.60. The zero-order valence-electron chi connectivity index (χ0n) is 21.4. The topological polar surface area (TPSA) is 63.2 Å². The highest BCUT2D eigenvalue weighted by Gasteiger charge is 2.28. The third-order valence-corrected chi connectivity index (χ3v) is 7.65. The lowest BCUT2D eigenvalue weighted by molar-refractivity contribution is -0.132. The molecule has 1 unspecified atom stereocenters. The van der Waals surface area contributed by atoms with Gasteiger partial charge in [-0.25, -0.2) is 9.97 Å². The predicted octanol–water partition coefficient (Wildman–Crippen LogP) is 5.81. The number of aryl methyl sites for hydroxylation is 1. The molecule has 1 amide bonds. The second-order valence-corrected chi connectivity index (χ2v) is 10.1. The number of hydrogen-bond acceptors (Lipinski definition) is 4. The number of fused-ring (bicyclic) bond motifs is 3. The summed E-state index contributed by atoms with van der Waals surface area (Å²) in [5, 5.41) is 0. The van der Waals surface area contributed by atoms with Crippen LogP contribution in [-0.4, -0.2) is 39.6 Å². The first-order chi connectivity index (χ1) is 17.6. The second-order valence-electron chi connectivity index (χ2n) is 10.1. The molecule has 1 aliphatic heterocycles. The van der Waals surface area contributed by atoms with Gasteiger partial charge in [-0.05, 0) is 54.4 Å². The molecule has 0 bridgehead atoms. The molecule has 2 aliphatic rings. The van der Waals surface area contributed by atoms with E-state index in [0.29, 0.717) is 25.2 Å². The molecule has 1 aliphatic carbocycles. The number of carbonyl (C=O) groups excluding carboxylic acids is 2. The van der Waals surface area contributed by atoms with Gasteiger partial charge in [0.15, 0.2) is 5.78 Å². The van der Waals surface area contributed by atoms with Gasteiger partial charge < -0.3 is 4.90 Å². The van der Waals surface area contributed by atoms with Gasteiger partial charge in [0.05, 0.1) is 11.4 Å². The van der Waals surface area contributed by atoms with Crippen LogP contribution in [0.15, 0.2) is 48.5 Å². The maximum Gasteiger partial charge on any atom is 0.222 e. The number of amides is 1. The summed E-state index contributed by atoms with van der Waals surface area (Å²) in [5.74, 6) is 1.80. The van der Waals surface area contributed by atoms with E-state index in [-0.39, 0.29) is 11.7 Å². The maximum atomic E-state index is 12.3. The van der Waals surface area contributed by atoms with Crippen LogP contribution in [0.5, 0.6) is 0 Å². The van der Waals surface area contributed by atoms with Gasteiger partial charge in [0.1, 0.15) is 5.82 Å². The van der Waals surface area contributed by atoms with Crippen LogP contribution in [0.3, 0.4) is 0 Å². The van der Waals surface area contributed by atoms with Crippen molar-refractivity contribution >= 4 is 11.7 Å². The van der Waals surface area contributed by atoms with Crippen LogP contribution in [0.2, 0.25) is 0 Å². The Hall–Kier alpha value is -3.34. The number of rotatable bonds is 8. The molecule has 1 atom stereocenters. The van der Waals surface area contributed by atoms with Crippen molar-refractivity contribution in [1.29, 1.82) is 0 Å². The maximum absolute atomic E-state index is 12.3. The van der Waals surface area contributed by atoms with Gasteiger partial charge in [0.25, 0.3) is 0 Å². The van der Waals surface area contributed by atoms with Crippen molar-refractivity contribution in [3.05, 3.63) is 82.4 Å². The van der Waals surface area contributed by atoms with Gasteiger partial charge >= 0.3 is 0 Å². The van der Waals surface area contributed by atoms with Gasteiger partial charge in [-0.3, -0.25) is 9.59 Å². The Morgan fingerprint density at radius 1 is 1.03 bits per heavy atom. The third-order valence-electron chi connectivity index (χ3n) is 7.65. The molecular weight excluding hydrogens is 446 g/mol. The normalized spacial score (nSPS) is 16.5. The first-order valence-electron chi connectivity index (χ1n) is 13.4. The molecule has 1 saturated heterocycles. The molecule has 5 rings (SSSR count). The van der Waals surface area contributed by atoms with Crippen LogP contribution >= 0.6 is 0 Å². The van der Waals surface area contributed by atoms with Crippen LogP contribution < -0.4 is 0 Å². The number of carbonyl (C=O) groups is 2. The summed E-state index contributed by atoms with van der Waals surface area (Å²) in [7, 11) is 0. The minimum absolute atomic E-state index is 0.174. The molecule has 1 aromatic heterocycles. The molecule has 5 nitrogen and oxygen atoms in total. The average molecular weight is 482 g/mol. The monoisotopic (exact) mass is 481 g/mol. The van der Waals surface area contributed by atoms with E-state index in [1.165, 1.54) is 16.7 Å². The minimum atomic E-state index is 0.174. The Bertz CT molecular complexity index is 1270. The van der Waals surface area contributed by atoms with Crippen LogP contribution in [-0.2, 0) is 24.1 Å². The van der Waals surface area contributed by atoms with Gasteiger partial charge in [-0.2, -0.15) is 0 Å². The van der Waals surface area contributed by atoms with E-state index in [0.717, 1.165) is 73.5 Å². The van der Waals surface area contributed by atoms with Crippen molar-refractivity contribution in [3.8, 4) is 11.1 Å². The first-order valence-corrected chi connectivity index (χ1v) is 13.4. The number of likely N-dealkylation sites (tertiary alicyclic amines) is 1. The summed E-state index contributed by atoms with van der Waals surface area (Å²) in [5.41, 5.74) is 7.68. The van der Waals surface area contributed by atoms with Crippen molar-refractivity contribution in [1.82, 2.24) is 14.9 Å². The van der Waals surface area contributed by atoms with E-state index >= 15 is 0 Å². The van der Waals surface area contributed by atoms with Crippen molar-refractivity contribution in [2.24, 2.45) is 5.92 Å². The Balaban J connectivity index is 1.44. The lowest BCUT2D eigenvalue weighted by Gasteiger charge is -2.32. The highest BCUT2D eigenvalue weighted by atomic mass is 16.2. The number of Topliss-reactive ketones (excluding diaryl/α,β-unsaturated/α-hetero) is 1. The van der Waals surface area contributed by atoms with Gasteiger partial charge in [-0.15, -0.1) is 0 Å². The largest absolute Gasteiger partial charge is 0.342 e. The van der Waals surface area contributed by atoms with Gasteiger partial charge in [0, 0.05) is 49.9 Å². The quantitative estimate of drug-likeness (QED) is 0.298. The molecule has 3 aromatic rings. The fraction of sp³-hybridized carbons (Fsp3) is 0.419. The number of piperidine rings is 1. The Morgan fingerprint density at radius 2 is 1.86 bits per heavy atom. The Kier molecular flexibility index (Phi) is 7.26. The van der Waals surface area contributed by atoms with Gasteiger partial charge in [-0.1, -0.05) is 56.3 Å². The summed E-state index contributed by atoms with van der Waals surface area (Å²) in [6.07, 6.45) is 6.68. The average Bonchev–Trinajstić information content (AvgIpc) is 3.29. The lowest BCUT2D eigenvalue weighted by Crippen LogP contribution is -2.39. The molecule has 0 N–H and O–H groups in total.